The average molecular weight is 300 g/mol. The smallest absolute Gasteiger partial charge is 0.233 e. The minimum absolute atomic E-state index is 0.156. The van der Waals surface area contributed by atoms with Gasteiger partial charge in [-0.05, 0) is 30.0 Å². The Morgan fingerprint density at radius 1 is 0.952 bits per heavy atom. The average Bonchev–Trinajstić information content (AvgIpc) is 2.47. The first-order valence-corrected chi connectivity index (χ1v) is 7.04. The molecular formula is C15H14ClN5. The van der Waals surface area contributed by atoms with E-state index in [0.29, 0.717) is 18.4 Å². The van der Waals surface area contributed by atoms with Gasteiger partial charge in [0.2, 0.25) is 17.2 Å². The first-order chi connectivity index (χ1) is 10.3. The number of anilines is 3. The fourth-order valence-electron chi connectivity index (χ4n) is 2.10. The molecule has 0 spiro atoms. The maximum Gasteiger partial charge on any atom is 0.233 e. The molecule has 1 heterocycles. The van der Waals surface area contributed by atoms with E-state index in [1.807, 2.05) is 37.3 Å². The number of aromatic nitrogens is 3. The Balaban J connectivity index is 1.98. The zero-order chi connectivity index (χ0) is 14.7. The van der Waals surface area contributed by atoms with Crippen LogP contribution in [0.2, 0.25) is 5.28 Å². The van der Waals surface area contributed by atoms with E-state index in [2.05, 4.69) is 37.7 Å². The number of nitrogens with one attached hydrogen (secondary N) is 2. The Kier molecular flexibility index (Phi) is 3.83. The van der Waals surface area contributed by atoms with Crippen LogP contribution in [0.1, 0.15) is 6.92 Å². The van der Waals surface area contributed by atoms with Crippen molar-refractivity contribution in [2.24, 2.45) is 0 Å². The van der Waals surface area contributed by atoms with Crippen LogP contribution in [0.5, 0.6) is 0 Å². The van der Waals surface area contributed by atoms with E-state index in [4.69, 9.17) is 11.6 Å². The molecule has 5 nitrogen and oxygen atoms in total. The van der Waals surface area contributed by atoms with Gasteiger partial charge in [-0.25, -0.2) is 0 Å². The minimum Gasteiger partial charge on any atom is -0.354 e. The largest absolute Gasteiger partial charge is 0.354 e. The van der Waals surface area contributed by atoms with E-state index in [-0.39, 0.29) is 5.28 Å². The predicted octanol–water partition coefficient (Wildman–Crippen LogP) is 3.85. The van der Waals surface area contributed by atoms with Crippen molar-refractivity contribution in [3.63, 3.8) is 0 Å². The highest BCUT2D eigenvalue weighted by Gasteiger charge is 2.06. The Labute approximate surface area is 127 Å². The first-order valence-electron chi connectivity index (χ1n) is 6.66. The second-order valence-corrected chi connectivity index (χ2v) is 4.77. The van der Waals surface area contributed by atoms with Crippen LogP contribution in [0.15, 0.2) is 42.5 Å². The third kappa shape index (κ3) is 3.03. The standard InChI is InChI=1S/C15H14ClN5/c1-2-17-14-19-13(16)20-15(21-14)18-12-9-5-7-10-6-3-4-8-11(10)12/h3-9H,2H2,1H3,(H2,17,18,19,20,21). The number of benzene rings is 2. The van der Waals surface area contributed by atoms with Crippen LogP contribution in [0.25, 0.3) is 10.8 Å². The van der Waals surface area contributed by atoms with Crippen molar-refractivity contribution in [3.05, 3.63) is 47.7 Å². The van der Waals surface area contributed by atoms with E-state index in [9.17, 15) is 0 Å². The Bertz CT molecular complexity index is 770. The highest BCUT2D eigenvalue weighted by Crippen LogP contribution is 2.25. The molecule has 2 aromatic carbocycles. The van der Waals surface area contributed by atoms with Crippen LogP contribution in [-0.2, 0) is 0 Å². The summed E-state index contributed by atoms with van der Waals surface area (Å²) in [6, 6.07) is 14.1. The molecule has 0 bridgehead atoms. The molecule has 1 aromatic heterocycles. The lowest BCUT2D eigenvalue weighted by Crippen LogP contribution is -2.06. The molecule has 0 aliphatic rings. The van der Waals surface area contributed by atoms with Crippen molar-refractivity contribution in [2.45, 2.75) is 6.92 Å². The van der Waals surface area contributed by atoms with Crippen molar-refractivity contribution in [1.82, 2.24) is 15.0 Å². The highest BCUT2D eigenvalue weighted by atomic mass is 35.5. The molecule has 106 valence electrons. The van der Waals surface area contributed by atoms with Crippen molar-refractivity contribution >= 4 is 40.0 Å². The van der Waals surface area contributed by atoms with Crippen molar-refractivity contribution < 1.29 is 0 Å². The fraction of sp³-hybridized carbons (Fsp3) is 0.133. The molecule has 0 saturated carbocycles. The Hall–Kier alpha value is -2.40. The van der Waals surface area contributed by atoms with Crippen molar-refractivity contribution in [2.75, 3.05) is 17.2 Å². The summed E-state index contributed by atoms with van der Waals surface area (Å²) in [5.74, 6) is 0.877. The number of hydrogen-bond donors (Lipinski definition) is 2. The third-order valence-electron chi connectivity index (χ3n) is 2.98. The number of fused-ring (bicyclic) bond motifs is 1. The molecule has 0 radical (unpaired) electrons. The summed E-state index contributed by atoms with van der Waals surface area (Å²) in [5.41, 5.74) is 0.929. The Morgan fingerprint density at radius 3 is 2.57 bits per heavy atom. The molecule has 0 aliphatic heterocycles. The van der Waals surface area contributed by atoms with Crippen LogP contribution in [0.3, 0.4) is 0 Å². The van der Waals surface area contributed by atoms with Gasteiger partial charge < -0.3 is 10.6 Å². The molecule has 0 amide bonds. The molecular weight excluding hydrogens is 286 g/mol. The summed E-state index contributed by atoms with van der Waals surface area (Å²) in [5, 5.41) is 8.63. The van der Waals surface area contributed by atoms with Gasteiger partial charge in [0, 0.05) is 17.6 Å². The maximum atomic E-state index is 5.93. The molecule has 2 N–H and O–H groups in total. The SMILES string of the molecule is CCNc1nc(Cl)nc(Nc2cccc3ccccc23)n1. The molecule has 0 aliphatic carbocycles. The molecule has 21 heavy (non-hydrogen) atoms. The van der Waals surface area contributed by atoms with Crippen molar-refractivity contribution in [3.8, 4) is 0 Å². The van der Waals surface area contributed by atoms with E-state index < -0.39 is 0 Å². The van der Waals surface area contributed by atoms with Gasteiger partial charge in [0.25, 0.3) is 0 Å². The number of nitrogens with zero attached hydrogens (tertiary/aromatic N) is 3. The zero-order valence-corrected chi connectivity index (χ0v) is 12.2. The third-order valence-corrected chi connectivity index (χ3v) is 3.15. The van der Waals surface area contributed by atoms with Crippen LogP contribution in [0, 0.1) is 0 Å². The van der Waals surface area contributed by atoms with Crippen LogP contribution in [-0.4, -0.2) is 21.5 Å². The molecule has 3 aromatic rings. The van der Waals surface area contributed by atoms with Crippen LogP contribution >= 0.6 is 11.6 Å². The summed E-state index contributed by atoms with van der Waals surface area (Å²) < 4.78 is 0. The summed E-state index contributed by atoms with van der Waals surface area (Å²) in [7, 11) is 0. The topological polar surface area (TPSA) is 62.7 Å². The number of hydrogen-bond acceptors (Lipinski definition) is 5. The lowest BCUT2D eigenvalue weighted by Gasteiger charge is -2.09. The van der Waals surface area contributed by atoms with Gasteiger partial charge >= 0.3 is 0 Å². The molecule has 0 unspecified atom stereocenters. The number of halogens is 1. The highest BCUT2D eigenvalue weighted by molar-refractivity contribution is 6.28. The van der Waals surface area contributed by atoms with Crippen LogP contribution < -0.4 is 10.6 Å². The monoisotopic (exact) mass is 299 g/mol. The van der Waals surface area contributed by atoms with Gasteiger partial charge in [-0.3, -0.25) is 0 Å². The van der Waals surface area contributed by atoms with Gasteiger partial charge in [-0.15, -0.1) is 0 Å². The quantitative estimate of drug-likeness (QED) is 0.766. The van der Waals surface area contributed by atoms with Gasteiger partial charge in [-0.2, -0.15) is 15.0 Å². The van der Waals surface area contributed by atoms with E-state index in [1.165, 1.54) is 0 Å². The molecule has 0 atom stereocenters. The normalized spacial score (nSPS) is 10.6. The molecule has 6 heteroatoms. The zero-order valence-electron chi connectivity index (χ0n) is 11.5. The molecule has 0 saturated heterocycles. The molecule has 3 rings (SSSR count). The summed E-state index contributed by atoms with van der Waals surface area (Å²) in [6.07, 6.45) is 0. The summed E-state index contributed by atoms with van der Waals surface area (Å²) in [6.45, 7) is 2.68. The minimum atomic E-state index is 0.156. The van der Waals surface area contributed by atoms with E-state index >= 15 is 0 Å². The Morgan fingerprint density at radius 2 is 1.71 bits per heavy atom. The van der Waals surface area contributed by atoms with Gasteiger partial charge in [-0.1, -0.05) is 36.4 Å². The summed E-state index contributed by atoms with van der Waals surface area (Å²) >= 11 is 5.93. The van der Waals surface area contributed by atoms with Gasteiger partial charge in [0.1, 0.15) is 0 Å². The second kappa shape index (κ2) is 5.93. The molecule has 0 fully saturated rings. The summed E-state index contributed by atoms with van der Waals surface area (Å²) in [4.78, 5) is 12.4. The predicted molar refractivity (Wildman–Crippen MR) is 86.2 cm³/mol. The number of rotatable bonds is 4. The maximum absolute atomic E-state index is 5.93. The van der Waals surface area contributed by atoms with E-state index in [0.717, 1.165) is 16.5 Å². The van der Waals surface area contributed by atoms with Gasteiger partial charge in [0.05, 0.1) is 0 Å². The lowest BCUT2D eigenvalue weighted by atomic mass is 10.1. The van der Waals surface area contributed by atoms with Crippen molar-refractivity contribution in [1.29, 1.82) is 0 Å². The van der Waals surface area contributed by atoms with E-state index in [1.54, 1.807) is 0 Å². The van der Waals surface area contributed by atoms with Gasteiger partial charge in [0.15, 0.2) is 0 Å². The second-order valence-electron chi connectivity index (χ2n) is 4.43. The fourth-order valence-corrected chi connectivity index (χ4v) is 2.26. The lowest BCUT2D eigenvalue weighted by molar-refractivity contribution is 1.02. The van der Waals surface area contributed by atoms with Crippen LogP contribution in [0.4, 0.5) is 17.6 Å². The first kappa shape index (κ1) is 13.6.